The molecule has 2 aliphatic rings. The number of nitrogens with zero attached hydrogens (tertiary/aromatic N) is 2. The van der Waals surface area contributed by atoms with Crippen LogP contribution in [0.5, 0.6) is 11.5 Å². The van der Waals surface area contributed by atoms with Crippen LogP contribution in [0.1, 0.15) is 30.9 Å². The topological polar surface area (TPSA) is 76.2 Å². The highest BCUT2D eigenvalue weighted by atomic mass is 79.9. The fourth-order valence-corrected chi connectivity index (χ4v) is 4.84. The summed E-state index contributed by atoms with van der Waals surface area (Å²) >= 11 is 4.27. The summed E-state index contributed by atoms with van der Waals surface area (Å²) in [7, 11) is 0. The Morgan fingerprint density at radius 2 is 1.79 bits per heavy atom. The molecule has 2 aromatic carbocycles. The van der Waals surface area contributed by atoms with E-state index in [-0.39, 0.29) is 17.4 Å². The first-order valence-corrected chi connectivity index (χ1v) is 12.7. The molecule has 0 unspecified atom stereocenters. The number of rotatable bonds is 8. The van der Waals surface area contributed by atoms with Crippen molar-refractivity contribution in [1.29, 1.82) is 0 Å². The van der Waals surface area contributed by atoms with Gasteiger partial charge in [0.1, 0.15) is 13.2 Å². The van der Waals surface area contributed by atoms with E-state index < -0.39 is 11.1 Å². The molecule has 2 heterocycles. The summed E-state index contributed by atoms with van der Waals surface area (Å²) in [6.07, 6.45) is 3.56. The quantitative estimate of drug-likeness (QED) is 0.431. The van der Waals surface area contributed by atoms with E-state index in [9.17, 15) is 14.4 Å². The summed E-state index contributed by atoms with van der Waals surface area (Å²) in [5, 5.41) is -0.428. The van der Waals surface area contributed by atoms with Crippen LogP contribution in [0.4, 0.5) is 4.79 Å². The molecule has 0 radical (unpaired) electrons. The number of halogens is 1. The van der Waals surface area contributed by atoms with Gasteiger partial charge in [-0.15, -0.1) is 0 Å². The third-order valence-electron chi connectivity index (χ3n) is 5.50. The lowest BCUT2D eigenvalue weighted by molar-refractivity contribution is -0.135. The maximum absolute atomic E-state index is 12.8. The molecule has 3 amide bonds. The normalized spacial score (nSPS) is 17.1. The molecular formula is C25H25BrN2O5S. The van der Waals surface area contributed by atoms with Crippen LogP contribution in [-0.4, -0.2) is 53.1 Å². The number of imide groups is 1. The van der Waals surface area contributed by atoms with Crippen LogP contribution in [0.15, 0.2) is 51.8 Å². The van der Waals surface area contributed by atoms with E-state index in [1.165, 1.54) is 0 Å². The second-order valence-electron chi connectivity index (χ2n) is 7.91. The molecule has 0 spiro atoms. The lowest BCUT2D eigenvalue weighted by Gasteiger charge is -2.18. The minimum atomic E-state index is -0.448. The Labute approximate surface area is 211 Å². The molecule has 9 heteroatoms. The number of carbonyl (C=O) groups excluding carboxylic acids is 3. The van der Waals surface area contributed by atoms with E-state index in [1.807, 2.05) is 37.3 Å². The zero-order chi connectivity index (χ0) is 24.1. The van der Waals surface area contributed by atoms with Crippen molar-refractivity contribution >= 4 is 50.8 Å². The second kappa shape index (κ2) is 11.1. The SMILES string of the molecule is CCOc1cc(/C=C2/SC(=O)N(CC(=O)N3CCCC3)C2=O)ccc1OCc1ccc(Br)cc1. The summed E-state index contributed by atoms with van der Waals surface area (Å²) in [6, 6.07) is 13.2. The van der Waals surface area contributed by atoms with Gasteiger partial charge in [-0.2, -0.15) is 0 Å². The largest absolute Gasteiger partial charge is 0.490 e. The number of ether oxygens (including phenoxy) is 2. The molecule has 2 aromatic rings. The highest BCUT2D eigenvalue weighted by Gasteiger charge is 2.37. The van der Waals surface area contributed by atoms with Gasteiger partial charge in [-0.25, -0.2) is 0 Å². The van der Waals surface area contributed by atoms with Gasteiger partial charge >= 0.3 is 0 Å². The van der Waals surface area contributed by atoms with Crippen molar-refractivity contribution in [3.05, 3.63) is 63.0 Å². The van der Waals surface area contributed by atoms with Gasteiger partial charge in [0.25, 0.3) is 11.1 Å². The van der Waals surface area contributed by atoms with Gasteiger partial charge in [0.15, 0.2) is 11.5 Å². The van der Waals surface area contributed by atoms with Crippen LogP contribution < -0.4 is 9.47 Å². The van der Waals surface area contributed by atoms with Crippen molar-refractivity contribution in [2.24, 2.45) is 0 Å². The smallest absolute Gasteiger partial charge is 0.294 e. The van der Waals surface area contributed by atoms with E-state index in [0.29, 0.717) is 43.4 Å². The molecule has 2 saturated heterocycles. The second-order valence-corrected chi connectivity index (χ2v) is 9.82. The van der Waals surface area contributed by atoms with Crippen molar-refractivity contribution in [2.45, 2.75) is 26.4 Å². The molecule has 0 N–H and O–H groups in total. The van der Waals surface area contributed by atoms with Crippen LogP contribution in [0.25, 0.3) is 6.08 Å². The molecule has 0 aromatic heterocycles. The molecule has 4 rings (SSSR count). The average Bonchev–Trinajstić information content (AvgIpc) is 3.45. The lowest BCUT2D eigenvalue weighted by Crippen LogP contribution is -2.40. The Bertz CT molecular complexity index is 1110. The molecule has 2 fully saturated rings. The van der Waals surface area contributed by atoms with Crippen molar-refractivity contribution < 1.29 is 23.9 Å². The highest BCUT2D eigenvalue weighted by Crippen LogP contribution is 2.35. The van der Waals surface area contributed by atoms with Crippen LogP contribution in [-0.2, 0) is 16.2 Å². The van der Waals surface area contributed by atoms with E-state index in [4.69, 9.17) is 9.47 Å². The average molecular weight is 545 g/mol. The predicted octanol–water partition coefficient (Wildman–Crippen LogP) is 5.09. The lowest BCUT2D eigenvalue weighted by atomic mass is 10.1. The van der Waals surface area contributed by atoms with E-state index in [1.54, 1.807) is 23.1 Å². The van der Waals surface area contributed by atoms with Gasteiger partial charge in [0.05, 0.1) is 11.5 Å². The monoisotopic (exact) mass is 544 g/mol. The molecule has 7 nitrogen and oxygen atoms in total. The molecule has 178 valence electrons. The standard InChI is InChI=1S/C25H25BrN2O5S/c1-2-32-21-13-18(7-10-20(21)33-16-17-5-8-19(26)9-6-17)14-22-24(30)28(25(31)34-22)15-23(29)27-11-3-4-12-27/h5-10,13-14H,2-4,11-12,15-16H2,1H3/b22-14+. The summed E-state index contributed by atoms with van der Waals surface area (Å²) in [6.45, 7) is 3.87. The third kappa shape index (κ3) is 5.82. The zero-order valence-corrected chi connectivity index (χ0v) is 21.2. The third-order valence-corrected chi connectivity index (χ3v) is 6.93. The Balaban J connectivity index is 1.46. The van der Waals surface area contributed by atoms with Crippen molar-refractivity contribution in [2.75, 3.05) is 26.2 Å². The number of thioether (sulfide) groups is 1. The number of hydrogen-bond acceptors (Lipinski definition) is 6. The van der Waals surface area contributed by atoms with Gasteiger partial charge in [-0.1, -0.05) is 34.1 Å². The first kappa shape index (κ1) is 24.3. The van der Waals surface area contributed by atoms with Crippen molar-refractivity contribution in [1.82, 2.24) is 9.80 Å². The summed E-state index contributed by atoms with van der Waals surface area (Å²) in [4.78, 5) is 40.6. The zero-order valence-electron chi connectivity index (χ0n) is 18.8. The fraction of sp³-hybridized carbons (Fsp3) is 0.320. The van der Waals surface area contributed by atoms with Gasteiger partial charge in [0, 0.05) is 17.6 Å². The van der Waals surface area contributed by atoms with E-state index in [2.05, 4.69) is 15.9 Å². The number of benzene rings is 2. The summed E-state index contributed by atoms with van der Waals surface area (Å²) in [5.74, 6) is 0.506. The van der Waals surface area contributed by atoms with Gasteiger partial charge in [-0.05, 0) is 73.0 Å². The van der Waals surface area contributed by atoms with Crippen LogP contribution in [0, 0.1) is 0 Å². The molecule has 0 saturated carbocycles. The van der Waals surface area contributed by atoms with Crippen LogP contribution >= 0.6 is 27.7 Å². The Morgan fingerprint density at radius 3 is 2.50 bits per heavy atom. The Hall–Kier alpha value is -2.78. The number of amides is 3. The molecular weight excluding hydrogens is 520 g/mol. The highest BCUT2D eigenvalue weighted by molar-refractivity contribution is 9.10. The maximum atomic E-state index is 12.8. The minimum Gasteiger partial charge on any atom is -0.490 e. The Kier molecular flexibility index (Phi) is 7.95. The fourth-order valence-electron chi connectivity index (χ4n) is 3.73. The predicted molar refractivity (Wildman–Crippen MR) is 135 cm³/mol. The van der Waals surface area contributed by atoms with Crippen LogP contribution in [0.2, 0.25) is 0 Å². The van der Waals surface area contributed by atoms with Crippen LogP contribution in [0.3, 0.4) is 0 Å². The summed E-state index contributed by atoms with van der Waals surface area (Å²) in [5.41, 5.74) is 1.72. The van der Waals surface area contributed by atoms with E-state index in [0.717, 1.165) is 39.5 Å². The molecule has 0 atom stereocenters. The van der Waals surface area contributed by atoms with Gasteiger partial charge < -0.3 is 14.4 Å². The maximum Gasteiger partial charge on any atom is 0.294 e. The van der Waals surface area contributed by atoms with Crippen molar-refractivity contribution in [3.8, 4) is 11.5 Å². The Morgan fingerprint density at radius 1 is 1.06 bits per heavy atom. The van der Waals surface area contributed by atoms with Gasteiger partial charge in [0.2, 0.25) is 5.91 Å². The molecule has 2 aliphatic heterocycles. The van der Waals surface area contributed by atoms with Crippen molar-refractivity contribution in [3.63, 3.8) is 0 Å². The molecule has 0 bridgehead atoms. The number of hydrogen-bond donors (Lipinski definition) is 0. The molecule has 34 heavy (non-hydrogen) atoms. The minimum absolute atomic E-state index is 0.188. The number of likely N-dealkylation sites (tertiary alicyclic amines) is 1. The first-order valence-electron chi connectivity index (χ1n) is 11.1. The van der Waals surface area contributed by atoms with E-state index >= 15 is 0 Å². The first-order chi connectivity index (χ1) is 16.4. The number of carbonyl (C=O) groups is 3. The van der Waals surface area contributed by atoms with Gasteiger partial charge in [-0.3, -0.25) is 19.3 Å². The summed E-state index contributed by atoms with van der Waals surface area (Å²) < 4.78 is 12.7. The molecule has 0 aliphatic carbocycles.